The van der Waals surface area contributed by atoms with E-state index in [1.807, 2.05) is 24.3 Å². The Morgan fingerprint density at radius 2 is 1.96 bits per heavy atom. The SMILES string of the molecule is O=C(CN(Cc1cccc(F)c1)CC1CCCO1)NCCCc1ccccc1. The van der Waals surface area contributed by atoms with E-state index in [1.165, 1.54) is 17.7 Å². The Bertz CT molecular complexity index is 732. The van der Waals surface area contributed by atoms with Crippen molar-refractivity contribution < 1.29 is 13.9 Å². The van der Waals surface area contributed by atoms with Crippen LogP contribution in [0.15, 0.2) is 54.6 Å². The number of hydrogen-bond donors (Lipinski definition) is 1. The van der Waals surface area contributed by atoms with E-state index >= 15 is 0 Å². The Hall–Kier alpha value is -2.24. The molecule has 0 saturated carbocycles. The molecule has 1 unspecified atom stereocenters. The number of aryl methyl sites for hydroxylation is 1. The van der Waals surface area contributed by atoms with Gasteiger partial charge in [0, 0.05) is 26.2 Å². The fourth-order valence-corrected chi connectivity index (χ4v) is 3.58. The zero-order valence-corrected chi connectivity index (χ0v) is 16.3. The third-order valence-corrected chi connectivity index (χ3v) is 4.96. The van der Waals surface area contributed by atoms with E-state index in [4.69, 9.17) is 4.74 Å². The first-order valence-corrected chi connectivity index (χ1v) is 10.1. The molecular weight excluding hydrogens is 355 g/mol. The number of carbonyl (C=O) groups is 1. The van der Waals surface area contributed by atoms with E-state index in [1.54, 1.807) is 6.07 Å². The van der Waals surface area contributed by atoms with Crippen LogP contribution in [0.25, 0.3) is 0 Å². The van der Waals surface area contributed by atoms with Gasteiger partial charge in [0.15, 0.2) is 0 Å². The van der Waals surface area contributed by atoms with Gasteiger partial charge < -0.3 is 10.1 Å². The maximum atomic E-state index is 13.5. The quantitative estimate of drug-likeness (QED) is 0.637. The van der Waals surface area contributed by atoms with Gasteiger partial charge in [0.05, 0.1) is 12.6 Å². The summed E-state index contributed by atoms with van der Waals surface area (Å²) >= 11 is 0. The van der Waals surface area contributed by atoms with Gasteiger partial charge in [-0.2, -0.15) is 0 Å². The molecule has 28 heavy (non-hydrogen) atoms. The summed E-state index contributed by atoms with van der Waals surface area (Å²) in [5, 5.41) is 3.01. The van der Waals surface area contributed by atoms with Gasteiger partial charge in [0.25, 0.3) is 0 Å². The molecule has 3 rings (SSSR count). The number of nitrogens with zero attached hydrogens (tertiary/aromatic N) is 1. The van der Waals surface area contributed by atoms with Gasteiger partial charge in [0.1, 0.15) is 5.82 Å². The standard InChI is InChI=1S/C23H29FN2O2/c24-21-11-4-9-20(15-21)16-26(17-22-12-6-14-28-22)18-23(27)25-13-5-10-19-7-2-1-3-8-19/h1-4,7-9,11,15,22H,5-6,10,12-14,16-18H2,(H,25,27). The van der Waals surface area contributed by atoms with Crippen molar-refractivity contribution in [2.24, 2.45) is 0 Å². The van der Waals surface area contributed by atoms with Gasteiger partial charge in [-0.05, 0) is 48.9 Å². The van der Waals surface area contributed by atoms with Crippen LogP contribution in [-0.4, -0.2) is 43.2 Å². The zero-order valence-electron chi connectivity index (χ0n) is 16.3. The lowest BCUT2D eigenvalue weighted by Gasteiger charge is -2.25. The number of amides is 1. The highest BCUT2D eigenvalue weighted by Gasteiger charge is 2.21. The Kier molecular flexibility index (Phi) is 8.00. The van der Waals surface area contributed by atoms with Crippen molar-refractivity contribution in [1.82, 2.24) is 10.2 Å². The number of carbonyl (C=O) groups excluding carboxylic acids is 1. The minimum atomic E-state index is -0.250. The van der Waals surface area contributed by atoms with Crippen molar-refractivity contribution in [1.29, 1.82) is 0 Å². The van der Waals surface area contributed by atoms with Gasteiger partial charge in [-0.3, -0.25) is 9.69 Å². The van der Waals surface area contributed by atoms with E-state index in [9.17, 15) is 9.18 Å². The number of rotatable bonds is 10. The Morgan fingerprint density at radius 3 is 2.71 bits per heavy atom. The predicted octanol–water partition coefficient (Wildman–Crippen LogP) is 3.56. The van der Waals surface area contributed by atoms with Crippen LogP contribution in [0.1, 0.15) is 30.4 Å². The molecule has 1 atom stereocenters. The molecule has 2 aromatic carbocycles. The lowest BCUT2D eigenvalue weighted by molar-refractivity contribution is -0.122. The predicted molar refractivity (Wildman–Crippen MR) is 108 cm³/mol. The van der Waals surface area contributed by atoms with Gasteiger partial charge >= 0.3 is 0 Å². The molecule has 1 aliphatic heterocycles. The molecule has 0 radical (unpaired) electrons. The Morgan fingerprint density at radius 1 is 1.14 bits per heavy atom. The lowest BCUT2D eigenvalue weighted by atomic mass is 10.1. The molecule has 2 aromatic rings. The van der Waals surface area contributed by atoms with Gasteiger partial charge in [-0.1, -0.05) is 42.5 Å². The molecule has 150 valence electrons. The summed E-state index contributed by atoms with van der Waals surface area (Å²) in [6, 6.07) is 16.8. The summed E-state index contributed by atoms with van der Waals surface area (Å²) in [7, 11) is 0. The lowest BCUT2D eigenvalue weighted by Crippen LogP contribution is -2.40. The average Bonchev–Trinajstić information content (AvgIpc) is 3.19. The van der Waals surface area contributed by atoms with Crippen LogP contribution >= 0.6 is 0 Å². The summed E-state index contributed by atoms with van der Waals surface area (Å²) < 4.78 is 19.2. The van der Waals surface area contributed by atoms with Crippen LogP contribution in [0.5, 0.6) is 0 Å². The van der Waals surface area contributed by atoms with Crippen molar-refractivity contribution in [3.05, 3.63) is 71.5 Å². The molecule has 1 fully saturated rings. The minimum absolute atomic E-state index is 0.00228. The third kappa shape index (κ3) is 7.06. The topological polar surface area (TPSA) is 41.6 Å². The summed E-state index contributed by atoms with van der Waals surface area (Å²) in [6.45, 7) is 2.95. The van der Waals surface area contributed by atoms with Crippen LogP contribution in [0.4, 0.5) is 4.39 Å². The first-order chi connectivity index (χ1) is 13.7. The maximum absolute atomic E-state index is 13.5. The molecule has 5 heteroatoms. The second-order valence-corrected chi connectivity index (χ2v) is 7.37. The second kappa shape index (κ2) is 10.9. The third-order valence-electron chi connectivity index (χ3n) is 4.96. The molecule has 1 amide bonds. The van der Waals surface area contributed by atoms with Crippen LogP contribution in [-0.2, 0) is 22.5 Å². The summed E-state index contributed by atoms with van der Waals surface area (Å²) in [5.74, 6) is -0.248. The largest absolute Gasteiger partial charge is 0.377 e. The minimum Gasteiger partial charge on any atom is -0.377 e. The highest BCUT2D eigenvalue weighted by Crippen LogP contribution is 2.15. The van der Waals surface area contributed by atoms with E-state index in [-0.39, 0.29) is 17.8 Å². The fourth-order valence-electron chi connectivity index (χ4n) is 3.58. The number of nitrogens with one attached hydrogen (secondary N) is 1. The monoisotopic (exact) mass is 384 g/mol. The summed E-state index contributed by atoms with van der Waals surface area (Å²) in [4.78, 5) is 14.5. The molecule has 1 saturated heterocycles. The zero-order chi connectivity index (χ0) is 19.6. The first-order valence-electron chi connectivity index (χ1n) is 10.1. The van der Waals surface area contributed by atoms with Crippen molar-refractivity contribution in [3.8, 4) is 0 Å². The molecule has 1 aliphatic rings. The summed E-state index contributed by atoms with van der Waals surface area (Å²) in [6.07, 6.45) is 4.08. The molecule has 0 spiro atoms. The van der Waals surface area contributed by atoms with Gasteiger partial charge in [-0.25, -0.2) is 4.39 Å². The van der Waals surface area contributed by atoms with Crippen LogP contribution in [0, 0.1) is 5.82 Å². The van der Waals surface area contributed by atoms with E-state index in [0.717, 1.165) is 37.9 Å². The van der Waals surface area contributed by atoms with Crippen molar-refractivity contribution >= 4 is 5.91 Å². The van der Waals surface area contributed by atoms with Crippen molar-refractivity contribution in [3.63, 3.8) is 0 Å². The number of hydrogen-bond acceptors (Lipinski definition) is 3. The number of ether oxygens (including phenoxy) is 1. The molecular formula is C23H29FN2O2. The number of halogens is 1. The smallest absolute Gasteiger partial charge is 0.234 e. The molecule has 1 N–H and O–H groups in total. The normalized spacial score (nSPS) is 16.4. The Labute approximate surface area is 166 Å². The van der Waals surface area contributed by atoms with E-state index < -0.39 is 0 Å². The van der Waals surface area contributed by atoms with Gasteiger partial charge in [-0.15, -0.1) is 0 Å². The van der Waals surface area contributed by atoms with Crippen molar-refractivity contribution in [2.45, 2.75) is 38.3 Å². The van der Waals surface area contributed by atoms with Gasteiger partial charge in [0.2, 0.25) is 5.91 Å². The average molecular weight is 384 g/mol. The van der Waals surface area contributed by atoms with Crippen molar-refractivity contribution in [2.75, 3.05) is 26.2 Å². The molecule has 0 aliphatic carbocycles. The summed E-state index contributed by atoms with van der Waals surface area (Å²) in [5.41, 5.74) is 2.15. The highest BCUT2D eigenvalue weighted by atomic mass is 19.1. The number of benzene rings is 2. The highest BCUT2D eigenvalue weighted by molar-refractivity contribution is 5.78. The van der Waals surface area contributed by atoms with E-state index in [0.29, 0.717) is 26.2 Å². The molecule has 0 aromatic heterocycles. The van der Waals surface area contributed by atoms with Crippen LogP contribution in [0.2, 0.25) is 0 Å². The first kappa shape index (κ1) is 20.5. The molecule has 4 nitrogen and oxygen atoms in total. The maximum Gasteiger partial charge on any atom is 0.234 e. The molecule has 0 bridgehead atoms. The molecule has 1 heterocycles. The van der Waals surface area contributed by atoms with Crippen LogP contribution < -0.4 is 5.32 Å². The van der Waals surface area contributed by atoms with E-state index in [2.05, 4.69) is 22.3 Å². The Balaban J connectivity index is 1.47. The second-order valence-electron chi connectivity index (χ2n) is 7.37. The fraction of sp³-hybridized carbons (Fsp3) is 0.435. The van der Waals surface area contributed by atoms with Crippen LogP contribution in [0.3, 0.4) is 0 Å².